The van der Waals surface area contributed by atoms with E-state index < -0.39 is 53.2 Å². The van der Waals surface area contributed by atoms with Gasteiger partial charge in [-0.3, -0.25) is 4.90 Å². The van der Waals surface area contributed by atoms with Gasteiger partial charge in [0, 0.05) is 13.1 Å². The van der Waals surface area contributed by atoms with Crippen molar-refractivity contribution in [2.45, 2.75) is 31.2 Å². The molecule has 1 fully saturated rings. The summed E-state index contributed by atoms with van der Waals surface area (Å²) in [6.07, 6.45) is -11.6. The van der Waals surface area contributed by atoms with Crippen LogP contribution in [0.3, 0.4) is 0 Å². The molecule has 0 radical (unpaired) electrons. The van der Waals surface area contributed by atoms with Crippen LogP contribution in [0.5, 0.6) is 0 Å². The number of morpholine rings is 1. The van der Waals surface area contributed by atoms with Crippen molar-refractivity contribution in [2.75, 3.05) is 13.2 Å². The molecule has 196 valence electrons. The number of rotatable bonds is 5. The summed E-state index contributed by atoms with van der Waals surface area (Å²) in [6, 6.07) is 14.2. The lowest BCUT2D eigenvalue weighted by Gasteiger charge is -2.40. The Labute approximate surface area is 207 Å². The first-order valence-electron chi connectivity index (χ1n) is 11.1. The quantitative estimate of drug-likeness (QED) is 0.276. The van der Waals surface area contributed by atoms with Crippen LogP contribution in [0.25, 0.3) is 0 Å². The van der Waals surface area contributed by atoms with Gasteiger partial charge in [0.25, 0.3) is 0 Å². The summed E-state index contributed by atoms with van der Waals surface area (Å²) in [5.74, 6) is -1.94. The first kappa shape index (κ1) is 26.6. The third kappa shape index (κ3) is 6.47. The molecule has 0 bridgehead atoms. The average Bonchev–Trinajstić information content (AvgIpc) is 2.84. The van der Waals surface area contributed by atoms with E-state index in [9.17, 15) is 35.5 Å². The Hall–Kier alpha value is -3.44. The Kier molecular flexibility index (Phi) is 7.56. The second-order valence-corrected chi connectivity index (χ2v) is 8.39. The monoisotopic (exact) mass is 527 g/mol. The fraction of sp³-hybridized carbons (Fsp3) is 0.269. The molecule has 0 N–H and O–H groups in total. The highest BCUT2D eigenvalue weighted by molar-refractivity contribution is 5.90. The molecule has 1 aliphatic rings. The van der Waals surface area contributed by atoms with E-state index in [1.54, 1.807) is 0 Å². The van der Waals surface area contributed by atoms with Gasteiger partial charge in [0.1, 0.15) is 5.82 Å². The highest BCUT2D eigenvalue weighted by Crippen LogP contribution is 2.37. The van der Waals surface area contributed by atoms with Crippen LogP contribution >= 0.6 is 0 Å². The molecule has 0 aliphatic carbocycles. The number of carbonyl (C=O) groups is 1. The summed E-state index contributed by atoms with van der Waals surface area (Å²) in [5, 5.41) is 0. The van der Waals surface area contributed by atoms with E-state index in [0.29, 0.717) is 30.8 Å². The molecule has 4 nitrogen and oxygen atoms in total. The molecule has 3 aromatic rings. The number of carbonyl (C=O) groups excluding carboxylic acids is 1. The normalized spacial score (nSPS) is 19.0. The Balaban J connectivity index is 1.67. The SMILES string of the molecule is O=C(OC1OCCN(Cc2ccccc2)[C@H]1c1ccc(F)cc1)c1cc(C(F)(F)F)cc(C(F)(F)F)c1. The summed E-state index contributed by atoms with van der Waals surface area (Å²) in [5.41, 5.74) is -2.83. The Morgan fingerprint density at radius 3 is 2.05 bits per heavy atom. The van der Waals surface area contributed by atoms with Crippen LogP contribution in [0, 0.1) is 5.82 Å². The van der Waals surface area contributed by atoms with E-state index in [-0.39, 0.29) is 12.7 Å². The smallest absolute Gasteiger partial charge is 0.416 e. The van der Waals surface area contributed by atoms with E-state index in [1.165, 1.54) is 24.3 Å². The van der Waals surface area contributed by atoms with Gasteiger partial charge < -0.3 is 9.47 Å². The van der Waals surface area contributed by atoms with Crippen LogP contribution in [0.1, 0.15) is 38.7 Å². The highest BCUT2D eigenvalue weighted by Gasteiger charge is 2.40. The van der Waals surface area contributed by atoms with Crippen molar-refractivity contribution in [3.05, 3.63) is 106 Å². The maximum absolute atomic E-state index is 13.6. The summed E-state index contributed by atoms with van der Waals surface area (Å²) in [4.78, 5) is 14.7. The summed E-state index contributed by atoms with van der Waals surface area (Å²) < 4.78 is 104. The first-order valence-corrected chi connectivity index (χ1v) is 11.1. The van der Waals surface area contributed by atoms with E-state index >= 15 is 0 Å². The number of alkyl halides is 6. The minimum Gasteiger partial charge on any atom is -0.430 e. The molecule has 11 heteroatoms. The van der Waals surface area contributed by atoms with Gasteiger partial charge >= 0.3 is 18.3 Å². The molecule has 37 heavy (non-hydrogen) atoms. The molecule has 3 aromatic carbocycles. The van der Waals surface area contributed by atoms with Gasteiger partial charge in [0.2, 0.25) is 6.29 Å². The van der Waals surface area contributed by atoms with E-state index in [4.69, 9.17) is 9.47 Å². The van der Waals surface area contributed by atoms with Crippen LogP contribution in [-0.4, -0.2) is 30.3 Å². The van der Waals surface area contributed by atoms with E-state index in [0.717, 1.165) is 5.56 Å². The predicted octanol–water partition coefficient (Wildman–Crippen LogP) is 6.62. The van der Waals surface area contributed by atoms with Crippen molar-refractivity contribution in [2.24, 2.45) is 0 Å². The Morgan fingerprint density at radius 1 is 0.892 bits per heavy atom. The molecule has 0 aromatic heterocycles. The minimum atomic E-state index is -5.12. The van der Waals surface area contributed by atoms with Gasteiger partial charge in [-0.15, -0.1) is 0 Å². The number of benzene rings is 3. The largest absolute Gasteiger partial charge is 0.430 e. The van der Waals surface area contributed by atoms with Crippen molar-refractivity contribution >= 4 is 5.97 Å². The maximum Gasteiger partial charge on any atom is 0.416 e. The van der Waals surface area contributed by atoms with Crippen LogP contribution in [0.15, 0.2) is 72.8 Å². The number of ether oxygens (including phenoxy) is 2. The topological polar surface area (TPSA) is 38.8 Å². The van der Waals surface area contributed by atoms with Crippen LogP contribution in [-0.2, 0) is 28.4 Å². The molecule has 2 atom stereocenters. The number of esters is 1. The summed E-state index contributed by atoms with van der Waals surface area (Å²) >= 11 is 0. The summed E-state index contributed by atoms with van der Waals surface area (Å²) in [7, 11) is 0. The van der Waals surface area contributed by atoms with Crippen molar-refractivity contribution < 1.29 is 45.0 Å². The number of halogens is 7. The Morgan fingerprint density at radius 2 is 1.49 bits per heavy atom. The number of nitrogens with zero attached hydrogens (tertiary/aromatic N) is 1. The molecule has 0 saturated carbocycles. The van der Waals surface area contributed by atoms with Crippen LogP contribution in [0.2, 0.25) is 0 Å². The zero-order valence-electron chi connectivity index (χ0n) is 19.0. The van der Waals surface area contributed by atoms with E-state index in [1.807, 2.05) is 35.2 Å². The second kappa shape index (κ2) is 10.5. The first-order chi connectivity index (χ1) is 17.4. The Bertz CT molecular complexity index is 1200. The minimum absolute atomic E-state index is 0.0683. The van der Waals surface area contributed by atoms with Gasteiger partial charge in [-0.2, -0.15) is 26.3 Å². The van der Waals surface area contributed by atoms with E-state index in [2.05, 4.69) is 0 Å². The molecular formula is C26H20F7NO3. The lowest BCUT2D eigenvalue weighted by atomic mass is 10.0. The van der Waals surface area contributed by atoms with Crippen molar-refractivity contribution in [3.63, 3.8) is 0 Å². The molecule has 4 rings (SSSR count). The fourth-order valence-electron chi connectivity index (χ4n) is 4.06. The van der Waals surface area contributed by atoms with Gasteiger partial charge in [-0.25, -0.2) is 9.18 Å². The fourth-order valence-corrected chi connectivity index (χ4v) is 4.06. The van der Waals surface area contributed by atoms with Crippen molar-refractivity contribution in [1.29, 1.82) is 0 Å². The van der Waals surface area contributed by atoms with Crippen LogP contribution in [0.4, 0.5) is 30.7 Å². The maximum atomic E-state index is 13.6. The highest BCUT2D eigenvalue weighted by atomic mass is 19.4. The zero-order chi connectivity index (χ0) is 26.8. The molecule has 1 saturated heterocycles. The van der Waals surface area contributed by atoms with Crippen LogP contribution < -0.4 is 0 Å². The third-order valence-electron chi connectivity index (χ3n) is 5.80. The van der Waals surface area contributed by atoms with Crippen molar-refractivity contribution in [1.82, 2.24) is 4.90 Å². The lowest BCUT2D eigenvalue weighted by Crippen LogP contribution is -2.46. The molecule has 1 aliphatic heterocycles. The second-order valence-electron chi connectivity index (χ2n) is 8.39. The lowest BCUT2D eigenvalue weighted by molar-refractivity contribution is -0.186. The van der Waals surface area contributed by atoms with Gasteiger partial charge in [-0.1, -0.05) is 42.5 Å². The number of hydrogen-bond acceptors (Lipinski definition) is 4. The van der Waals surface area contributed by atoms with Gasteiger partial charge in [0.15, 0.2) is 0 Å². The van der Waals surface area contributed by atoms with Gasteiger partial charge in [0.05, 0.1) is 29.3 Å². The summed E-state index contributed by atoms with van der Waals surface area (Å²) in [6.45, 7) is 0.799. The predicted molar refractivity (Wildman–Crippen MR) is 118 cm³/mol. The third-order valence-corrected chi connectivity index (χ3v) is 5.80. The molecule has 1 unspecified atom stereocenters. The molecule has 0 spiro atoms. The molecule has 0 amide bonds. The zero-order valence-corrected chi connectivity index (χ0v) is 19.0. The molecule has 1 heterocycles. The standard InChI is InChI=1S/C26H20F7NO3/c27-21-8-6-17(7-9-21)22-24(36-11-10-34(22)15-16-4-2-1-3-5-16)37-23(35)18-12-19(25(28,29)30)14-20(13-18)26(31,32)33/h1-9,12-14,22,24H,10-11,15H2/t22-,24?/m0/s1. The number of hydrogen-bond donors (Lipinski definition) is 0. The average molecular weight is 527 g/mol. The van der Waals surface area contributed by atoms with Crippen molar-refractivity contribution in [3.8, 4) is 0 Å². The van der Waals surface area contributed by atoms with Gasteiger partial charge in [-0.05, 0) is 41.5 Å². The molecular weight excluding hydrogens is 507 g/mol.